The summed E-state index contributed by atoms with van der Waals surface area (Å²) in [6.45, 7) is 1.22. The van der Waals surface area contributed by atoms with Crippen molar-refractivity contribution in [3.8, 4) is 0 Å². The van der Waals surface area contributed by atoms with Gasteiger partial charge in [-0.25, -0.2) is 12.8 Å². The Morgan fingerprint density at radius 2 is 1.96 bits per heavy atom. The first-order valence-electron chi connectivity index (χ1n) is 7.80. The number of anilines is 1. The zero-order chi connectivity index (χ0) is 18.9. The smallest absolute Gasteiger partial charge is 0.272 e. The summed E-state index contributed by atoms with van der Waals surface area (Å²) in [5, 5.41) is 2.45. The maximum absolute atomic E-state index is 13.2. The van der Waals surface area contributed by atoms with Gasteiger partial charge in [0.15, 0.2) is 0 Å². The molecule has 10 heteroatoms. The first-order valence-corrected chi connectivity index (χ1v) is 9.61. The molecular weight excluding hydrogens is 385 g/mol. The molecule has 0 unspecified atom stereocenters. The molecule has 0 saturated carbocycles. The lowest BCUT2D eigenvalue weighted by Gasteiger charge is -2.25. The van der Waals surface area contributed by atoms with Crippen LogP contribution in [0.2, 0.25) is 5.02 Å². The lowest BCUT2D eigenvalue weighted by Crippen LogP contribution is -2.40. The topological polar surface area (TPSA) is 80.6 Å². The molecule has 26 heavy (non-hydrogen) atoms. The van der Waals surface area contributed by atoms with Crippen LogP contribution in [0.25, 0.3) is 0 Å². The van der Waals surface area contributed by atoms with E-state index in [0.717, 1.165) is 6.07 Å². The number of sulfonamides is 1. The summed E-state index contributed by atoms with van der Waals surface area (Å²) in [7, 11) is -2.13. The first kappa shape index (κ1) is 18.8. The highest BCUT2D eigenvalue weighted by Crippen LogP contribution is 2.22. The Kier molecular flexibility index (Phi) is 5.33. The molecule has 1 aromatic carbocycles. The number of hydrogen-bond donors (Lipinski definition) is 1. The van der Waals surface area contributed by atoms with Crippen molar-refractivity contribution in [2.45, 2.75) is 4.90 Å². The predicted octanol–water partition coefficient (Wildman–Crippen LogP) is 2.09. The SMILES string of the molecule is Cn1cc(S(=O)(=O)N2CCOCC2)cc1C(=O)Nc1ccc(F)c(Cl)c1. The fourth-order valence-electron chi connectivity index (χ4n) is 2.61. The van der Waals surface area contributed by atoms with E-state index >= 15 is 0 Å². The second kappa shape index (κ2) is 7.36. The van der Waals surface area contributed by atoms with E-state index in [2.05, 4.69) is 5.32 Å². The van der Waals surface area contributed by atoms with Crippen LogP contribution in [0.1, 0.15) is 10.5 Å². The molecule has 2 aromatic rings. The number of aromatic nitrogens is 1. The highest BCUT2D eigenvalue weighted by Gasteiger charge is 2.28. The molecule has 1 amide bonds. The molecule has 0 aliphatic carbocycles. The van der Waals surface area contributed by atoms with Crippen LogP contribution in [0.4, 0.5) is 10.1 Å². The molecule has 1 aliphatic rings. The number of halogens is 2. The van der Waals surface area contributed by atoms with Crippen molar-refractivity contribution < 1.29 is 22.3 Å². The second-order valence-electron chi connectivity index (χ2n) is 5.77. The Hall–Kier alpha value is -1.94. The minimum absolute atomic E-state index is 0.0317. The van der Waals surface area contributed by atoms with Gasteiger partial charge in [0.05, 0.1) is 18.2 Å². The number of benzene rings is 1. The van der Waals surface area contributed by atoms with E-state index in [9.17, 15) is 17.6 Å². The van der Waals surface area contributed by atoms with Crippen molar-refractivity contribution in [3.63, 3.8) is 0 Å². The van der Waals surface area contributed by atoms with E-state index in [1.54, 1.807) is 7.05 Å². The summed E-state index contributed by atoms with van der Waals surface area (Å²) < 4.78 is 46.5. The number of carbonyl (C=O) groups excluding carboxylic acids is 1. The summed E-state index contributed by atoms with van der Waals surface area (Å²) >= 11 is 5.70. The van der Waals surface area contributed by atoms with Crippen LogP contribution in [0.3, 0.4) is 0 Å². The van der Waals surface area contributed by atoms with E-state index in [1.807, 2.05) is 0 Å². The van der Waals surface area contributed by atoms with Gasteiger partial charge in [0.2, 0.25) is 10.0 Å². The van der Waals surface area contributed by atoms with Crippen molar-refractivity contribution in [2.75, 3.05) is 31.6 Å². The number of morpholine rings is 1. The van der Waals surface area contributed by atoms with Crippen molar-refractivity contribution in [1.82, 2.24) is 8.87 Å². The molecule has 0 atom stereocenters. The van der Waals surface area contributed by atoms with Gasteiger partial charge < -0.3 is 14.6 Å². The summed E-state index contributed by atoms with van der Waals surface area (Å²) in [6, 6.07) is 5.10. The molecule has 1 saturated heterocycles. The monoisotopic (exact) mass is 401 g/mol. The van der Waals surface area contributed by atoms with Gasteiger partial charge in [0.25, 0.3) is 5.91 Å². The van der Waals surface area contributed by atoms with Crippen LogP contribution in [0.5, 0.6) is 0 Å². The Bertz CT molecular complexity index is 939. The minimum Gasteiger partial charge on any atom is -0.379 e. The van der Waals surface area contributed by atoms with Crippen molar-refractivity contribution in [3.05, 3.63) is 47.0 Å². The standard InChI is InChI=1S/C16H17ClFN3O4S/c1-20-10-12(26(23,24)21-4-6-25-7-5-21)9-15(20)16(22)19-11-2-3-14(18)13(17)8-11/h2-3,8-10H,4-7H2,1H3,(H,19,22). The zero-order valence-corrected chi connectivity index (χ0v) is 15.5. The molecular formula is C16H17ClFN3O4S. The average Bonchev–Trinajstić information content (AvgIpc) is 3.02. The van der Waals surface area contributed by atoms with Crippen molar-refractivity contribution in [2.24, 2.45) is 7.05 Å². The molecule has 2 heterocycles. The van der Waals surface area contributed by atoms with Crippen LogP contribution in [0, 0.1) is 5.82 Å². The number of rotatable bonds is 4. The average molecular weight is 402 g/mol. The quantitative estimate of drug-likeness (QED) is 0.850. The van der Waals surface area contributed by atoms with Gasteiger partial charge in [0, 0.05) is 32.0 Å². The Balaban J connectivity index is 1.83. The fourth-order valence-corrected chi connectivity index (χ4v) is 4.27. The molecule has 1 fully saturated rings. The summed E-state index contributed by atoms with van der Waals surface area (Å²) in [4.78, 5) is 12.5. The number of nitrogens with zero attached hydrogens (tertiary/aromatic N) is 2. The van der Waals surface area contributed by atoms with E-state index in [-0.39, 0.29) is 28.7 Å². The summed E-state index contributed by atoms with van der Waals surface area (Å²) in [5.74, 6) is -1.12. The lowest BCUT2D eigenvalue weighted by atomic mass is 10.3. The normalized spacial score (nSPS) is 15.8. The Labute approximate surface area is 155 Å². The van der Waals surface area contributed by atoms with Crippen LogP contribution in [0.15, 0.2) is 35.4 Å². The highest BCUT2D eigenvalue weighted by molar-refractivity contribution is 7.89. The van der Waals surface area contributed by atoms with Gasteiger partial charge in [0.1, 0.15) is 16.4 Å². The molecule has 0 spiro atoms. The molecule has 1 aliphatic heterocycles. The highest BCUT2D eigenvalue weighted by atomic mass is 35.5. The van der Waals surface area contributed by atoms with Gasteiger partial charge in [-0.05, 0) is 24.3 Å². The van der Waals surface area contributed by atoms with Gasteiger partial charge in [-0.2, -0.15) is 4.31 Å². The Morgan fingerprint density at radius 1 is 1.27 bits per heavy atom. The second-order valence-corrected chi connectivity index (χ2v) is 8.12. The first-order chi connectivity index (χ1) is 12.3. The minimum atomic E-state index is -3.70. The largest absolute Gasteiger partial charge is 0.379 e. The van der Waals surface area contributed by atoms with Crippen LogP contribution >= 0.6 is 11.6 Å². The van der Waals surface area contributed by atoms with E-state index in [1.165, 1.54) is 33.3 Å². The maximum atomic E-state index is 13.2. The van der Waals surface area contributed by atoms with E-state index < -0.39 is 21.7 Å². The molecule has 7 nitrogen and oxygen atoms in total. The molecule has 1 N–H and O–H groups in total. The Morgan fingerprint density at radius 3 is 2.62 bits per heavy atom. The third kappa shape index (κ3) is 3.75. The lowest BCUT2D eigenvalue weighted by molar-refractivity contribution is 0.0730. The number of amides is 1. The fraction of sp³-hybridized carbons (Fsp3) is 0.312. The number of aryl methyl sites for hydroxylation is 1. The van der Waals surface area contributed by atoms with Gasteiger partial charge in [-0.1, -0.05) is 11.6 Å². The predicted molar refractivity (Wildman–Crippen MR) is 94.4 cm³/mol. The maximum Gasteiger partial charge on any atom is 0.272 e. The molecule has 0 bridgehead atoms. The van der Waals surface area contributed by atoms with Crippen molar-refractivity contribution >= 4 is 33.2 Å². The van der Waals surface area contributed by atoms with Crippen LogP contribution in [-0.4, -0.2) is 49.5 Å². The van der Waals surface area contributed by atoms with Crippen molar-refractivity contribution in [1.29, 1.82) is 0 Å². The summed E-state index contributed by atoms with van der Waals surface area (Å²) in [5.41, 5.74) is 0.456. The van der Waals surface area contributed by atoms with Crippen LogP contribution < -0.4 is 5.32 Å². The molecule has 140 valence electrons. The van der Waals surface area contributed by atoms with Gasteiger partial charge in [-0.3, -0.25) is 4.79 Å². The zero-order valence-electron chi connectivity index (χ0n) is 13.9. The molecule has 0 radical (unpaired) electrons. The molecule has 3 rings (SSSR count). The number of nitrogens with one attached hydrogen (secondary N) is 1. The third-order valence-electron chi connectivity index (χ3n) is 4.00. The van der Waals surface area contributed by atoms with Gasteiger partial charge >= 0.3 is 0 Å². The van der Waals surface area contributed by atoms with E-state index in [0.29, 0.717) is 18.9 Å². The summed E-state index contributed by atoms with van der Waals surface area (Å²) in [6.07, 6.45) is 1.39. The van der Waals surface area contributed by atoms with Crippen LogP contribution in [-0.2, 0) is 21.8 Å². The van der Waals surface area contributed by atoms with Gasteiger partial charge in [-0.15, -0.1) is 0 Å². The number of hydrogen-bond acceptors (Lipinski definition) is 4. The van der Waals surface area contributed by atoms with E-state index in [4.69, 9.17) is 16.3 Å². The third-order valence-corrected chi connectivity index (χ3v) is 6.15. The number of ether oxygens (including phenoxy) is 1. The number of carbonyl (C=O) groups is 1. The molecule has 1 aromatic heterocycles.